The molecule has 0 fully saturated rings. The lowest BCUT2D eigenvalue weighted by atomic mass is 10.1. The number of nitriles is 1. The fourth-order valence-electron chi connectivity index (χ4n) is 3.38. The van der Waals surface area contributed by atoms with Crippen molar-refractivity contribution in [3.05, 3.63) is 89.5 Å². The maximum atomic E-state index is 12.6. The average molecular weight is 471 g/mol. The molecule has 1 heterocycles. The van der Waals surface area contributed by atoms with Crippen molar-refractivity contribution in [1.29, 1.82) is 5.26 Å². The summed E-state index contributed by atoms with van der Waals surface area (Å²) in [4.78, 5) is 51.6. The van der Waals surface area contributed by atoms with E-state index < -0.39 is 30.3 Å². The van der Waals surface area contributed by atoms with Gasteiger partial charge in [0, 0.05) is 4.90 Å². The second kappa shape index (κ2) is 10.0. The maximum Gasteiger partial charge on any atom is 0.338 e. The van der Waals surface area contributed by atoms with Crippen molar-refractivity contribution < 1.29 is 23.9 Å². The molecule has 1 aliphatic rings. The van der Waals surface area contributed by atoms with Gasteiger partial charge in [-0.3, -0.25) is 14.4 Å². The monoisotopic (exact) mass is 471 g/mol. The number of carbonyl (C=O) groups is 4. The van der Waals surface area contributed by atoms with Crippen LogP contribution in [0.15, 0.2) is 77.7 Å². The number of imide groups is 1. The van der Waals surface area contributed by atoms with Crippen molar-refractivity contribution in [1.82, 2.24) is 0 Å². The number of rotatable bonds is 7. The van der Waals surface area contributed by atoms with Crippen molar-refractivity contribution in [2.75, 3.05) is 22.6 Å². The number of hydrogen-bond acceptors (Lipinski definition) is 7. The van der Waals surface area contributed by atoms with Crippen molar-refractivity contribution in [2.45, 2.75) is 4.90 Å². The van der Waals surface area contributed by atoms with Gasteiger partial charge in [-0.25, -0.2) is 9.69 Å². The Bertz CT molecular complexity index is 1300. The molecule has 1 aliphatic heterocycles. The zero-order chi connectivity index (χ0) is 24.1. The van der Waals surface area contributed by atoms with Gasteiger partial charge in [0.15, 0.2) is 6.61 Å². The van der Waals surface area contributed by atoms with Crippen LogP contribution in [-0.2, 0) is 9.53 Å². The second-order valence-corrected chi connectivity index (χ2v) is 8.12. The highest BCUT2D eigenvalue weighted by molar-refractivity contribution is 7.99. The number of nitrogens with zero attached hydrogens (tertiary/aromatic N) is 2. The minimum atomic E-state index is -0.726. The highest BCUT2D eigenvalue weighted by Gasteiger charge is 2.36. The highest BCUT2D eigenvalue weighted by atomic mass is 32.2. The van der Waals surface area contributed by atoms with Gasteiger partial charge in [-0.1, -0.05) is 24.3 Å². The summed E-state index contributed by atoms with van der Waals surface area (Å²) in [5, 5.41) is 11.4. The van der Waals surface area contributed by atoms with Gasteiger partial charge in [-0.2, -0.15) is 5.26 Å². The molecule has 34 heavy (non-hydrogen) atoms. The Balaban J connectivity index is 1.36. The van der Waals surface area contributed by atoms with Crippen LogP contribution in [0.25, 0.3) is 0 Å². The van der Waals surface area contributed by atoms with Crippen LogP contribution in [0.2, 0.25) is 0 Å². The number of hydrogen-bond donors (Lipinski definition) is 1. The third-order valence-corrected chi connectivity index (χ3v) is 5.88. The maximum absolute atomic E-state index is 12.6. The summed E-state index contributed by atoms with van der Waals surface area (Å²) in [6, 6.07) is 21.4. The Hall–Kier alpha value is -4.42. The van der Waals surface area contributed by atoms with Crippen LogP contribution in [0, 0.1) is 11.3 Å². The smallest absolute Gasteiger partial charge is 0.338 e. The molecular formula is C25H17N3O5S. The van der Waals surface area contributed by atoms with Crippen molar-refractivity contribution in [2.24, 2.45) is 0 Å². The summed E-state index contributed by atoms with van der Waals surface area (Å²) >= 11 is 1.28. The van der Waals surface area contributed by atoms with E-state index in [1.807, 2.05) is 6.07 Å². The Kier molecular flexibility index (Phi) is 6.71. The Morgan fingerprint density at radius 2 is 1.53 bits per heavy atom. The fraction of sp³-hybridized carbons (Fsp3) is 0.0800. The first-order valence-corrected chi connectivity index (χ1v) is 11.1. The van der Waals surface area contributed by atoms with E-state index in [9.17, 15) is 19.2 Å². The Morgan fingerprint density at radius 1 is 0.912 bits per heavy atom. The molecule has 0 spiro atoms. The normalized spacial score (nSPS) is 12.1. The molecule has 0 aliphatic carbocycles. The van der Waals surface area contributed by atoms with Crippen LogP contribution < -0.4 is 10.2 Å². The highest BCUT2D eigenvalue weighted by Crippen LogP contribution is 2.29. The zero-order valence-corrected chi connectivity index (χ0v) is 18.5. The summed E-state index contributed by atoms with van der Waals surface area (Å²) < 4.78 is 5.08. The van der Waals surface area contributed by atoms with Crippen LogP contribution >= 0.6 is 11.8 Å². The number of carbonyl (C=O) groups excluding carboxylic acids is 4. The van der Waals surface area contributed by atoms with E-state index in [1.165, 1.54) is 36.0 Å². The van der Waals surface area contributed by atoms with Crippen LogP contribution in [0.5, 0.6) is 0 Å². The molecule has 1 N–H and O–H groups in total. The molecule has 168 valence electrons. The van der Waals surface area contributed by atoms with E-state index in [4.69, 9.17) is 10.00 Å². The number of fused-ring (bicyclic) bond motifs is 1. The molecule has 4 rings (SSSR count). The fourth-order valence-corrected chi connectivity index (χ4v) is 4.05. The number of anilines is 2. The van der Waals surface area contributed by atoms with Gasteiger partial charge in [-0.05, 0) is 48.5 Å². The number of thioether (sulfide) groups is 1. The minimum Gasteiger partial charge on any atom is -0.452 e. The van der Waals surface area contributed by atoms with Gasteiger partial charge in [0.1, 0.15) is 0 Å². The third kappa shape index (κ3) is 4.67. The predicted octanol–water partition coefficient (Wildman–Crippen LogP) is 3.90. The summed E-state index contributed by atoms with van der Waals surface area (Å²) in [5.74, 6) is -1.88. The molecule has 0 bridgehead atoms. The average Bonchev–Trinajstić information content (AvgIpc) is 3.12. The first-order valence-electron chi connectivity index (χ1n) is 10.1. The molecule has 0 radical (unpaired) electrons. The van der Waals surface area contributed by atoms with Gasteiger partial charge in [0.05, 0.1) is 39.9 Å². The lowest BCUT2D eigenvalue weighted by Gasteiger charge is -2.14. The number of amides is 3. The molecule has 0 atom stereocenters. The number of nitrogens with one attached hydrogen (secondary N) is 1. The van der Waals surface area contributed by atoms with E-state index in [0.717, 1.165) is 9.80 Å². The van der Waals surface area contributed by atoms with Gasteiger partial charge < -0.3 is 10.1 Å². The third-order valence-electron chi connectivity index (χ3n) is 4.94. The van der Waals surface area contributed by atoms with E-state index in [1.54, 1.807) is 48.5 Å². The van der Waals surface area contributed by atoms with E-state index >= 15 is 0 Å². The van der Waals surface area contributed by atoms with E-state index in [0.29, 0.717) is 22.5 Å². The number of benzene rings is 3. The molecule has 3 aromatic carbocycles. The van der Waals surface area contributed by atoms with Gasteiger partial charge in [0.25, 0.3) is 17.7 Å². The van der Waals surface area contributed by atoms with Crippen LogP contribution in [0.4, 0.5) is 11.4 Å². The summed E-state index contributed by atoms with van der Waals surface area (Å²) in [6.07, 6.45) is 0. The lowest BCUT2D eigenvalue weighted by Crippen LogP contribution is -2.29. The molecular weight excluding hydrogens is 454 g/mol. The van der Waals surface area contributed by atoms with Gasteiger partial charge >= 0.3 is 5.97 Å². The minimum absolute atomic E-state index is 0.165. The topological polar surface area (TPSA) is 117 Å². The molecule has 9 heteroatoms. The SMILES string of the molecule is N#CCSc1ccccc1NC(=O)COC(=O)c1ccc(N2C(=O)c3ccccc3C2=O)cc1. The van der Waals surface area contributed by atoms with E-state index in [-0.39, 0.29) is 11.3 Å². The molecule has 8 nitrogen and oxygen atoms in total. The summed E-state index contributed by atoms with van der Waals surface area (Å²) in [7, 11) is 0. The molecule has 3 amide bonds. The first-order chi connectivity index (χ1) is 16.5. The first kappa shape index (κ1) is 22.8. The largest absolute Gasteiger partial charge is 0.452 e. The predicted molar refractivity (Wildman–Crippen MR) is 126 cm³/mol. The Labute approximate surface area is 199 Å². The number of esters is 1. The summed E-state index contributed by atoms with van der Waals surface area (Å²) in [5.41, 5.74) is 1.67. The number of ether oxygens (including phenoxy) is 1. The second-order valence-electron chi connectivity index (χ2n) is 7.11. The lowest BCUT2D eigenvalue weighted by molar-refractivity contribution is -0.119. The quantitative estimate of drug-likeness (QED) is 0.316. The van der Waals surface area contributed by atoms with Crippen LogP contribution in [0.1, 0.15) is 31.1 Å². The van der Waals surface area contributed by atoms with E-state index in [2.05, 4.69) is 5.32 Å². The van der Waals surface area contributed by atoms with Crippen molar-refractivity contribution in [3.63, 3.8) is 0 Å². The Morgan fingerprint density at radius 3 is 2.18 bits per heavy atom. The molecule has 0 saturated heterocycles. The van der Waals surface area contributed by atoms with Gasteiger partial charge in [0.2, 0.25) is 0 Å². The van der Waals surface area contributed by atoms with Crippen LogP contribution in [0.3, 0.4) is 0 Å². The van der Waals surface area contributed by atoms with Crippen LogP contribution in [-0.4, -0.2) is 36.1 Å². The molecule has 0 aromatic heterocycles. The van der Waals surface area contributed by atoms with Crippen molar-refractivity contribution >= 4 is 46.8 Å². The van der Waals surface area contributed by atoms with Gasteiger partial charge in [-0.15, -0.1) is 11.8 Å². The molecule has 3 aromatic rings. The molecule has 0 saturated carbocycles. The standard InChI is InChI=1S/C25H17N3O5S/c26-13-14-34-21-8-4-3-7-20(21)27-22(29)15-33-25(32)16-9-11-17(12-10-16)28-23(30)18-5-1-2-6-19(18)24(28)31/h1-12H,14-15H2,(H,27,29). The number of para-hydroxylation sites is 1. The van der Waals surface area contributed by atoms with Crippen molar-refractivity contribution in [3.8, 4) is 6.07 Å². The zero-order valence-electron chi connectivity index (χ0n) is 17.7. The molecule has 0 unspecified atom stereocenters. The summed E-state index contributed by atoms with van der Waals surface area (Å²) in [6.45, 7) is -0.504.